The molecule has 2 unspecified atom stereocenters. The summed E-state index contributed by atoms with van der Waals surface area (Å²) < 4.78 is 12.8. The van der Waals surface area contributed by atoms with Crippen LogP contribution in [0.3, 0.4) is 0 Å². The van der Waals surface area contributed by atoms with Gasteiger partial charge < -0.3 is 9.47 Å². The Bertz CT molecular complexity index is 645. The van der Waals surface area contributed by atoms with Crippen molar-refractivity contribution in [2.24, 2.45) is 16.3 Å². The lowest BCUT2D eigenvalue weighted by Crippen LogP contribution is -2.48. The van der Waals surface area contributed by atoms with Crippen molar-refractivity contribution in [2.45, 2.75) is 66.3 Å². The van der Waals surface area contributed by atoms with Crippen LogP contribution >= 0.6 is 0 Å². The molecule has 0 aliphatic carbocycles. The largest absolute Gasteiger partial charge is 0.444 e. The van der Waals surface area contributed by atoms with E-state index in [1.54, 1.807) is 7.11 Å². The molecular formula is C21H33N2O3+. The van der Waals surface area contributed by atoms with Gasteiger partial charge in [-0.15, -0.1) is 0 Å². The van der Waals surface area contributed by atoms with E-state index >= 15 is 0 Å². The van der Waals surface area contributed by atoms with Crippen LogP contribution in [0.25, 0.3) is 0 Å². The van der Waals surface area contributed by atoms with Crippen molar-refractivity contribution in [2.75, 3.05) is 7.11 Å². The highest BCUT2D eigenvalue weighted by Crippen LogP contribution is 2.25. The van der Waals surface area contributed by atoms with Gasteiger partial charge in [-0.25, -0.2) is 4.99 Å². The molecule has 0 amide bonds. The average Bonchev–Trinajstić information content (AvgIpc) is 2.55. The molecule has 0 spiro atoms. The van der Waals surface area contributed by atoms with Gasteiger partial charge in [0.25, 0.3) is 6.04 Å². The number of benzene rings is 1. The SMILES string of the molecule is COC1=[N+](O)C(CC(C)C)C(OCc2ccccc2)N=C1CC(C)(C)C. The van der Waals surface area contributed by atoms with Crippen molar-refractivity contribution < 1.29 is 19.4 Å². The Morgan fingerprint density at radius 1 is 1.19 bits per heavy atom. The van der Waals surface area contributed by atoms with Crippen molar-refractivity contribution in [1.82, 2.24) is 0 Å². The minimum atomic E-state index is -0.432. The van der Waals surface area contributed by atoms with Crippen LogP contribution in [-0.2, 0) is 16.1 Å². The second-order valence-electron chi connectivity index (χ2n) is 8.55. The molecule has 144 valence electrons. The van der Waals surface area contributed by atoms with E-state index in [0.717, 1.165) is 17.7 Å². The molecule has 1 aromatic carbocycles. The number of nitrogens with zero attached hydrogens (tertiary/aromatic N) is 2. The van der Waals surface area contributed by atoms with Gasteiger partial charge in [0, 0.05) is 17.6 Å². The fourth-order valence-electron chi connectivity index (χ4n) is 3.14. The van der Waals surface area contributed by atoms with Crippen molar-refractivity contribution in [1.29, 1.82) is 0 Å². The van der Waals surface area contributed by atoms with Crippen LogP contribution in [0.2, 0.25) is 0 Å². The van der Waals surface area contributed by atoms with E-state index in [2.05, 4.69) is 34.6 Å². The number of hydrogen-bond acceptors (Lipinski definition) is 4. The number of ether oxygens (including phenoxy) is 2. The lowest BCUT2D eigenvalue weighted by Gasteiger charge is -2.27. The van der Waals surface area contributed by atoms with Crippen LogP contribution in [-0.4, -0.2) is 40.9 Å². The maximum atomic E-state index is 10.8. The number of methoxy groups -OCH3 is 1. The van der Waals surface area contributed by atoms with E-state index in [0.29, 0.717) is 24.8 Å². The molecule has 0 fully saturated rings. The van der Waals surface area contributed by atoms with E-state index in [1.807, 2.05) is 30.3 Å². The van der Waals surface area contributed by atoms with Gasteiger partial charge >= 0.3 is 5.90 Å². The van der Waals surface area contributed by atoms with Crippen LogP contribution < -0.4 is 0 Å². The van der Waals surface area contributed by atoms with Crippen LogP contribution in [0.15, 0.2) is 35.3 Å². The summed E-state index contributed by atoms with van der Waals surface area (Å²) in [4.78, 5) is 4.85. The molecular weight excluding hydrogens is 328 g/mol. The van der Waals surface area contributed by atoms with Crippen LogP contribution in [0.1, 0.15) is 53.0 Å². The van der Waals surface area contributed by atoms with Gasteiger partial charge in [0.15, 0.2) is 5.71 Å². The van der Waals surface area contributed by atoms with Gasteiger partial charge in [-0.05, 0) is 16.9 Å². The first-order chi connectivity index (χ1) is 12.2. The Hall–Kier alpha value is -1.88. The van der Waals surface area contributed by atoms with Gasteiger partial charge in [0.05, 0.1) is 13.7 Å². The predicted molar refractivity (Wildman–Crippen MR) is 104 cm³/mol. The summed E-state index contributed by atoms with van der Waals surface area (Å²) in [5.41, 5.74) is 1.87. The molecule has 1 aliphatic rings. The minimum Gasteiger partial charge on any atom is -0.444 e. The smallest absolute Gasteiger partial charge is 0.432 e. The highest BCUT2D eigenvalue weighted by Gasteiger charge is 2.44. The lowest BCUT2D eigenvalue weighted by molar-refractivity contribution is -0.808. The minimum absolute atomic E-state index is 0.0261. The molecule has 1 heterocycles. The molecule has 0 saturated heterocycles. The van der Waals surface area contributed by atoms with E-state index < -0.39 is 6.23 Å². The lowest BCUT2D eigenvalue weighted by atomic mass is 9.88. The molecule has 1 aliphatic heterocycles. The third-order valence-electron chi connectivity index (χ3n) is 4.25. The summed E-state index contributed by atoms with van der Waals surface area (Å²) in [5, 5.41) is 10.8. The standard InChI is InChI=1S/C21H33N2O3/c1-15(2)12-18-19(26-14-16-10-8-7-9-11-16)22-17(13-21(3,4)5)20(25-6)23(18)24/h7-11,15,18-19,24H,12-14H2,1-6H3/q+1. The topological polar surface area (TPSA) is 54.1 Å². The number of hydrogen-bond donors (Lipinski definition) is 1. The van der Waals surface area contributed by atoms with Crippen LogP contribution in [0, 0.1) is 11.3 Å². The molecule has 0 bridgehead atoms. The second-order valence-corrected chi connectivity index (χ2v) is 8.55. The summed E-state index contributed by atoms with van der Waals surface area (Å²) in [6.07, 6.45) is 1.03. The molecule has 0 saturated carbocycles. The summed E-state index contributed by atoms with van der Waals surface area (Å²) >= 11 is 0. The first-order valence-corrected chi connectivity index (χ1v) is 9.33. The maximum absolute atomic E-state index is 10.8. The molecule has 26 heavy (non-hydrogen) atoms. The molecule has 5 heteroatoms. The van der Waals surface area contributed by atoms with E-state index in [1.165, 1.54) is 4.74 Å². The zero-order valence-electron chi connectivity index (χ0n) is 16.9. The monoisotopic (exact) mass is 361 g/mol. The third-order valence-corrected chi connectivity index (χ3v) is 4.25. The molecule has 5 nitrogen and oxygen atoms in total. The Balaban J connectivity index is 2.28. The highest BCUT2D eigenvalue weighted by atomic mass is 16.6. The van der Waals surface area contributed by atoms with Gasteiger partial charge in [-0.2, -0.15) is 0 Å². The second kappa shape index (κ2) is 8.67. The summed E-state index contributed by atoms with van der Waals surface area (Å²) in [5.74, 6) is 0.833. The van der Waals surface area contributed by atoms with Crippen molar-refractivity contribution in [3.63, 3.8) is 0 Å². The number of aliphatic imine (C=N–C) groups is 1. The Labute approximate surface area is 157 Å². The quantitative estimate of drug-likeness (QED) is 0.608. The highest BCUT2D eigenvalue weighted by molar-refractivity contribution is 6.37. The van der Waals surface area contributed by atoms with Crippen molar-refractivity contribution >= 4 is 11.6 Å². The summed E-state index contributed by atoms with van der Waals surface area (Å²) in [7, 11) is 1.58. The first kappa shape index (κ1) is 20.4. The van der Waals surface area contributed by atoms with Crippen molar-refractivity contribution in [3.05, 3.63) is 35.9 Å². The zero-order valence-corrected chi connectivity index (χ0v) is 16.9. The summed E-state index contributed by atoms with van der Waals surface area (Å²) in [6, 6.07) is 9.77. The number of rotatable bonds is 6. The van der Waals surface area contributed by atoms with Gasteiger partial charge in [0.2, 0.25) is 6.23 Å². The van der Waals surface area contributed by atoms with Crippen LogP contribution in [0.5, 0.6) is 0 Å². The molecule has 1 N–H and O–H groups in total. The predicted octanol–water partition coefficient (Wildman–Crippen LogP) is 4.28. The van der Waals surface area contributed by atoms with Crippen LogP contribution in [0.4, 0.5) is 0 Å². The fraction of sp³-hybridized carbons (Fsp3) is 0.619. The van der Waals surface area contributed by atoms with E-state index in [9.17, 15) is 5.21 Å². The Morgan fingerprint density at radius 3 is 2.38 bits per heavy atom. The van der Waals surface area contributed by atoms with E-state index in [-0.39, 0.29) is 11.5 Å². The Kier molecular flexibility index (Phi) is 6.81. The molecule has 1 aromatic rings. The first-order valence-electron chi connectivity index (χ1n) is 9.33. The van der Waals surface area contributed by atoms with Gasteiger partial charge in [0.1, 0.15) is 0 Å². The van der Waals surface area contributed by atoms with Gasteiger partial charge in [-0.1, -0.05) is 65.0 Å². The molecule has 0 radical (unpaired) electrons. The zero-order chi connectivity index (χ0) is 19.3. The third kappa shape index (κ3) is 5.56. The van der Waals surface area contributed by atoms with Crippen molar-refractivity contribution in [3.8, 4) is 0 Å². The summed E-state index contributed by atoms with van der Waals surface area (Å²) in [6.45, 7) is 11.1. The Morgan fingerprint density at radius 2 is 1.85 bits per heavy atom. The molecule has 2 atom stereocenters. The molecule has 0 aromatic heterocycles. The number of hydroxylamine groups is 1. The maximum Gasteiger partial charge on any atom is 0.432 e. The molecule has 2 rings (SSSR count). The average molecular weight is 362 g/mol. The van der Waals surface area contributed by atoms with E-state index in [4.69, 9.17) is 14.5 Å². The normalized spacial score (nSPS) is 21.1. The fourth-order valence-corrected chi connectivity index (χ4v) is 3.14. The van der Waals surface area contributed by atoms with Gasteiger partial charge in [-0.3, -0.25) is 5.21 Å².